The highest BCUT2D eigenvalue weighted by molar-refractivity contribution is 7.95. The zero-order valence-electron chi connectivity index (χ0n) is 9.27. The summed E-state index contributed by atoms with van der Waals surface area (Å²) in [5.41, 5.74) is 1.76. The number of aryl methyl sites for hydroxylation is 1. The minimum Gasteiger partial charge on any atom is -0.396 e. The van der Waals surface area contributed by atoms with Crippen LogP contribution in [0.25, 0.3) is 6.08 Å². The molecular weight excluding hydrogens is 224 g/mol. The summed E-state index contributed by atoms with van der Waals surface area (Å²) in [6.45, 7) is 3.48. The number of rotatable bonds is 2. The Kier molecular flexibility index (Phi) is 2.64. The van der Waals surface area contributed by atoms with Crippen LogP contribution < -0.4 is 0 Å². The topological polar surface area (TPSA) is 54.4 Å². The third kappa shape index (κ3) is 1.58. The van der Waals surface area contributed by atoms with E-state index in [1.807, 2.05) is 13.0 Å². The average Bonchev–Trinajstić information content (AvgIpc) is 2.49. The van der Waals surface area contributed by atoms with Gasteiger partial charge in [-0.3, -0.25) is 0 Å². The Morgan fingerprint density at radius 2 is 2.06 bits per heavy atom. The molecule has 0 amide bonds. The zero-order valence-corrected chi connectivity index (χ0v) is 10.1. The van der Waals surface area contributed by atoms with Crippen LogP contribution in [-0.2, 0) is 9.84 Å². The summed E-state index contributed by atoms with van der Waals surface area (Å²) in [6.07, 6.45) is 1.67. The van der Waals surface area contributed by atoms with Gasteiger partial charge in [0, 0.05) is 5.92 Å². The van der Waals surface area contributed by atoms with Gasteiger partial charge in [-0.2, -0.15) is 0 Å². The largest absolute Gasteiger partial charge is 0.396 e. The fraction of sp³-hybridized carbons (Fsp3) is 0.333. The normalized spacial score (nSPS) is 19.1. The highest BCUT2D eigenvalue weighted by atomic mass is 32.2. The average molecular weight is 238 g/mol. The van der Waals surface area contributed by atoms with E-state index in [0.717, 1.165) is 11.1 Å². The van der Waals surface area contributed by atoms with Gasteiger partial charge >= 0.3 is 0 Å². The quantitative estimate of drug-likeness (QED) is 0.854. The van der Waals surface area contributed by atoms with Crippen molar-refractivity contribution in [2.24, 2.45) is 5.92 Å². The number of aliphatic hydroxyl groups is 1. The van der Waals surface area contributed by atoms with Crippen molar-refractivity contribution in [2.45, 2.75) is 18.7 Å². The van der Waals surface area contributed by atoms with Crippen LogP contribution in [0.15, 0.2) is 28.0 Å². The van der Waals surface area contributed by atoms with Gasteiger partial charge in [0.15, 0.2) is 0 Å². The smallest absolute Gasteiger partial charge is 0.203 e. The summed E-state index contributed by atoms with van der Waals surface area (Å²) in [6, 6.07) is 5.27. The van der Waals surface area contributed by atoms with Crippen LogP contribution in [0, 0.1) is 12.8 Å². The highest BCUT2D eigenvalue weighted by Gasteiger charge is 2.32. The van der Waals surface area contributed by atoms with Crippen LogP contribution in [0.1, 0.15) is 18.1 Å². The summed E-state index contributed by atoms with van der Waals surface area (Å²) in [7, 11) is -3.37. The Morgan fingerprint density at radius 3 is 2.69 bits per heavy atom. The van der Waals surface area contributed by atoms with Gasteiger partial charge in [-0.05, 0) is 24.6 Å². The molecule has 0 aromatic heterocycles. The number of hydrogen-bond acceptors (Lipinski definition) is 3. The molecule has 1 N–H and O–H groups in total. The van der Waals surface area contributed by atoms with E-state index in [-0.39, 0.29) is 12.5 Å². The molecule has 0 saturated heterocycles. The van der Waals surface area contributed by atoms with E-state index in [0.29, 0.717) is 9.80 Å². The van der Waals surface area contributed by atoms with Crippen LogP contribution in [0.3, 0.4) is 0 Å². The van der Waals surface area contributed by atoms with E-state index >= 15 is 0 Å². The fourth-order valence-electron chi connectivity index (χ4n) is 1.88. The maximum atomic E-state index is 12.1. The maximum Gasteiger partial charge on any atom is 0.203 e. The van der Waals surface area contributed by atoms with Crippen molar-refractivity contribution < 1.29 is 13.5 Å². The van der Waals surface area contributed by atoms with Crippen LogP contribution in [0.5, 0.6) is 0 Å². The third-order valence-corrected chi connectivity index (χ3v) is 4.91. The molecular formula is C12H14O3S. The summed E-state index contributed by atoms with van der Waals surface area (Å²) in [5, 5.41) is 9.06. The highest BCUT2D eigenvalue weighted by Crippen LogP contribution is 2.36. The lowest BCUT2D eigenvalue weighted by atomic mass is 10.1. The Balaban J connectivity index is 2.61. The van der Waals surface area contributed by atoms with E-state index < -0.39 is 9.84 Å². The summed E-state index contributed by atoms with van der Waals surface area (Å²) < 4.78 is 24.2. The summed E-state index contributed by atoms with van der Waals surface area (Å²) in [5.74, 6) is -0.349. The van der Waals surface area contributed by atoms with Gasteiger partial charge in [0.25, 0.3) is 0 Å². The molecule has 16 heavy (non-hydrogen) atoms. The molecule has 0 spiro atoms. The molecule has 1 aromatic rings. The second-order valence-electron chi connectivity index (χ2n) is 4.18. The lowest BCUT2D eigenvalue weighted by Crippen LogP contribution is -2.11. The predicted molar refractivity (Wildman–Crippen MR) is 62.6 cm³/mol. The predicted octanol–water partition coefficient (Wildman–Crippen LogP) is 1.75. The van der Waals surface area contributed by atoms with E-state index in [1.54, 1.807) is 25.1 Å². The van der Waals surface area contributed by atoms with Crippen molar-refractivity contribution in [3.8, 4) is 0 Å². The van der Waals surface area contributed by atoms with Gasteiger partial charge < -0.3 is 5.11 Å². The first-order chi connectivity index (χ1) is 7.46. The molecule has 0 fully saturated rings. The second-order valence-corrected chi connectivity index (χ2v) is 6.09. The van der Waals surface area contributed by atoms with Gasteiger partial charge in [-0.1, -0.05) is 24.6 Å². The van der Waals surface area contributed by atoms with Gasteiger partial charge in [0.2, 0.25) is 9.84 Å². The molecule has 0 aliphatic carbocycles. The molecule has 1 atom stereocenters. The molecule has 0 bridgehead atoms. The van der Waals surface area contributed by atoms with Crippen molar-refractivity contribution in [3.05, 3.63) is 34.2 Å². The number of sulfone groups is 1. The minimum absolute atomic E-state index is 0.155. The second kappa shape index (κ2) is 3.71. The molecule has 1 aliphatic rings. The van der Waals surface area contributed by atoms with Gasteiger partial charge in [-0.15, -0.1) is 0 Å². The Bertz CT molecular complexity index is 556. The Hall–Kier alpha value is -1.13. The fourth-order valence-corrected chi connectivity index (χ4v) is 3.70. The minimum atomic E-state index is -3.37. The Morgan fingerprint density at radius 1 is 1.38 bits per heavy atom. The van der Waals surface area contributed by atoms with E-state index in [9.17, 15) is 8.42 Å². The van der Waals surface area contributed by atoms with Crippen LogP contribution >= 0.6 is 0 Å². The lowest BCUT2D eigenvalue weighted by Gasteiger charge is -2.09. The van der Waals surface area contributed by atoms with E-state index in [4.69, 9.17) is 5.11 Å². The van der Waals surface area contributed by atoms with E-state index in [1.165, 1.54) is 0 Å². The monoisotopic (exact) mass is 238 g/mol. The first-order valence-electron chi connectivity index (χ1n) is 5.15. The molecule has 1 unspecified atom stereocenters. The molecule has 3 nitrogen and oxygen atoms in total. The summed E-state index contributed by atoms with van der Waals surface area (Å²) in [4.78, 5) is 0.670. The number of benzene rings is 1. The van der Waals surface area contributed by atoms with Crippen LogP contribution in [0.2, 0.25) is 0 Å². The van der Waals surface area contributed by atoms with Crippen molar-refractivity contribution in [1.82, 2.24) is 0 Å². The number of hydrogen-bond donors (Lipinski definition) is 1. The maximum absolute atomic E-state index is 12.1. The molecule has 0 saturated carbocycles. The zero-order chi connectivity index (χ0) is 11.9. The standard InChI is InChI=1S/C12H14O3S/c1-8-3-4-11-10(5-8)6-12(9(2)7-13)16(11,14)15/h3-6,9,13H,7H2,1-2H3. The molecule has 1 aliphatic heterocycles. The molecule has 1 heterocycles. The molecule has 86 valence electrons. The van der Waals surface area contributed by atoms with Crippen molar-refractivity contribution in [3.63, 3.8) is 0 Å². The Labute approximate surface area is 95.3 Å². The SMILES string of the molecule is Cc1ccc2c(c1)C=C(C(C)CO)S2(=O)=O. The van der Waals surface area contributed by atoms with Crippen molar-refractivity contribution >= 4 is 15.9 Å². The molecule has 0 radical (unpaired) electrons. The van der Waals surface area contributed by atoms with Gasteiger partial charge in [-0.25, -0.2) is 8.42 Å². The number of fused-ring (bicyclic) bond motifs is 1. The first-order valence-corrected chi connectivity index (χ1v) is 6.63. The molecule has 1 aromatic carbocycles. The van der Waals surface area contributed by atoms with Gasteiger partial charge in [0.1, 0.15) is 0 Å². The van der Waals surface area contributed by atoms with Crippen molar-refractivity contribution in [1.29, 1.82) is 0 Å². The third-order valence-electron chi connectivity index (χ3n) is 2.82. The summed E-state index contributed by atoms with van der Waals surface area (Å²) >= 11 is 0. The van der Waals surface area contributed by atoms with Crippen LogP contribution in [0.4, 0.5) is 0 Å². The van der Waals surface area contributed by atoms with Gasteiger partial charge in [0.05, 0.1) is 16.4 Å². The first kappa shape index (κ1) is 11.4. The molecule has 4 heteroatoms. The molecule has 2 rings (SSSR count). The lowest BCUT2D eigenvalue weighted by molar-refractivity contribution is 0.260. The van der Waals surface area contributed by atoms with E-state index in [2.05, 4.69) is 0 Å². The van der Waals surface area contributed by atoms with Crippen molar-refractivity contribution in [2.75, 3.05) is 6.61 Å². The number of aliphatic hydroxyl groups excluding tert-OH is 1. The van der Waals surface area contributed by atoms with Crippen LogP contribution in [-0.4, -0.2) is 20.1 Å².